The van der Waals surface area contributed by atoms with Crippen molar-refractivity contribution in [2.45, 2.75) is 107 Å². The summed E-state index contributed by atoms with van der Waals surface area (Å²) in [5.41, 5.74) is -0.827. The largest absolute Gasteiger partial charge is 0.468 e. The van der Waals surface area contributed by atoms with Crippen LogP contribution < -0.4 is 14.8 Å². The summed E-state index contributed by atoms with van der Waals surface area (Å²) in [6, 6.07) is 4.10. The van der Waals surface area contributed by atoms with Crippen LogP contribution in [0, 0.1) is 16.7 Å². The van der Waals surface area contributed by atoms with Gasteiger partial charge in [-0.3, -0.25) is 19.2 Å². The van der Waals surface area contributed by atoms with Crippen molar-refractivity contribution in [3.8, 4) is 11.5 Å². The van der Waals surface area contributed by atoms with E-state index in [9.17, 15) is 19.2 Å². The van der Waals surface area contributed by atoms with Crippen molar-refractivity contribution in [3.05, 3.63) is 23.8 Å². The summed E-state index contributed by atoms with van der Waals surface area (Å²) in [6.07, 6.45) is 1.94. The van der Waals surface area contributed by atoms with Gasteiger partial charge in [-0.05, 0) is 83.9 Å². The molecule has 0 amide bonds. The summed E-state index contributed by atoms with van der Waals surface area (Å²) in [4.78, 5) is 50.3. The Morgan fingerprint density at radius 1 is 0.875 bits per heavy atom. The van der Waals surface area contributed by atoms with E-state index < -0.39 is 40.9 Å². The molecule has 0 saturated carbocycles. The Labute approximate surface area is 239 Å². The molecule has 0 bridgehead atoms. The average Bonchev–Trinajstić information content (AvgIpc) is 2.90. The molecule has 40 heavy (non-hydrogen) atoms. The van der Waals surface area contributed by atoms with Gasteiger partial charge in [0.2, 0.25) is 0 Å². The monoisotopic (exact) mass is 563 g/mol. The molecule has 1 rings (SSSR count). The van der Waals surface area contributed by atoms with Crippen LogP contribution in [0.25, 0.3) is 0 Å². The molecule has 0 aliphatic carbocycles. The van der Waals surface area contributed by atoms with Gasteiger partial charge in [0.05, 0.1) is 17.9 Å². The van der Waals surface area contributed by atoms with E-state index in [0.717, 1.165) is 6.42 Å². The number of methoxy groups -OCH3 is 1. The highest BCUT2D eigenvalue weighted by atomic mass is 16.6. The predicted octanol–water partition coefficient (Wildman–Crippen LogP) is 5.41. The maximum absolute atomic E-state index is 12.9. The lowest BCUT2D eigenvalue weighted by Gasteiger charge is -2.24. The summed E-state index contributed by atoms with van der Waals surface area (Å²) >= 11 is 0. The summed E-state index contributed by atoms with van der Waals surface area (Å²) in [5, 5.41) is 3.11. The molecule has 0 spiro atoms. The molecule has 0 saturated heterocycles. The molecule has 0 aromatic heterocycles. The molecular formula is C31H49NO8. The van der Waals surface area contributed by atoms with E-state index in [1.165, 1.54) is 7.11 Å². The van der Waals surface area contributed by atoms with Crippen molar-refractivity contribution in [3.63, 3.8) is 0 Å². The number of hydrogen-bond donors (Lipinski definition) is 1. The first-order valence-corrected chi connectivity index (χ1v) is 14.1. The zero-order valence-electron chi connectivity index (χ0n) is 26.0. The van der Waals surface area contributed by atoms with E-state index in [1.807, 2.05) is 27.7 Å². The van der Waals surface area contributed by atoms with Crippen molar-refractivity contribution in [2.75, 3.05) is 13.7 Å². The van der Waals surface area contributed by atoms with Crippen LogP contribution in [-0.4, -0.2) is 49.7 Å². The van der Waals surface area contributed by atoms with Crippen LogP contribution in [-0.2, 0) is 35.1 Å². The number of rotatable bonds is 16. The van der Waals surface area contributed by atoms with Gasteiger partial charge in [0.15, 0.2) is 11.5 Å². The van der Waals surface area contributed by atoms with Crippen LogP contribution in [0.1, 0.15) is 93.6 Å². The van der Waals surface area contributed by atoms with Crippen LogP contribution in [0.2, 0.25) is 0 Å². The molecule has 1 unspecified atom stereocenters. The Hall–Kier alpha value is -2.94. The van der Waals surface area contributed by atoms with Crippen LogP contribution >= 0.6 is 0 Å². The van der Waals surface area contributed by atoms with Crippen LogP contribution in [0.4, 0.5) is 0 Å². The Kier molecular flexibility index (Phi) is 13.8. The maximum Gasteiger partial charge on any atom is 0.323 e. The summed E-state index contributed by atoms with van der Waals surface area (Å²) in [5.74, 6) is -1.06. The SMILES string of the molecule is CCC(C)(C)C(=O)Oc1ccc(C[C@H](NCC(C)OC(=O)CCC(C)C)C(=O)OC)cc1OC(=O)C(C)(C)CC. The quantitative estimate of drug-likeness (QED) is 0.208. The van der Waals surface area contributed by atoms with Crippen molar-refractivity contribution in [2.24, 2.45) is 16.7 Å². The second-order valence-corrected chi connectivity index (χ2v) is 12.0. The predicted molar refractivity (Wildman–Crippen MR) is 153 cm³/mol. The fourth-order valence-corrected chi connectivity index (χ4v) is 3.26. The Balaban J connectivity index is 3.15. The normalized spacial score (nSPS) is 13.4. The van der Waals surface area contributed by atoms with Crippen LogP contribution in [0.5, 0.6) is 11.5 Å². The molecule has 0 aliphatic rings. The highest BCUT2D eigenvalue weighted by Crippen LogP contribution is 2.34. The Morgan fingerprint density at radius 2 is 1.43 bits per heavy atom. The fraction of sp³-hybridized carbons (Fsp3) is 0.677. The zero-order chi connectivity index (χ0) is 30.7. The maximum atomic E-state index is 12.9. The Bertz CT molecular complexity index is 1010. The molecule has 1 aromatic rings. The van der Waals surface area contributed by atoms with Gasteiger partial charge in [0, 0.05) is 13.0 Å². The highest BCUT2D eigenvalue weighted by Gasteiger charge is 2.32. The second-order valence-electron chi connectivity index (χ2n) is 12.0. The molecule has 1 aromatic carbocycles. The zero-order valence-corrected chi connectivity index (χ0v) is 26.0. The molecule has 0 radical (unpaired) electrons. The number of hydrogen-bond acceptors (Lipinski definition) is 9. The number of carbonyl (C=O) groups excluding carboxylic acids is 4. The fourth-order valence-electron chi connectivity index (χ4n) is 3.26. The van der Waals surface area contributed by atoms with Crippen molar-refractivity contribution in [1.82, 2.24) is 5.32 Å². The number of esters is 4. The molecule has 9 heteroatoms. The molecule has 0 heterocycles. The number of ether oxygens (including phenoxy) is 4. The average molecular weight is 564 g/mol. The van der Waals surface area contributed by atoms with Gasteiger partial charge in [-0.2, -0.15) is 0 Å². The van der Waals surface area contributed by atoms with E-state index >= 15 is 0 Å². The highest BCUT2D eigenvalue weighted by molar-refractivity contribution is 5.81. The molecule has 0 aliphatic heterocycles. The lowest BCUT2D eigenvalue weighted by Crippen LogP contribution is -2.43. The molecule has 0 fully saturated rings. The van der Waals surface area contributed by atoms with Gasteiger partial charge >= 0.3 is 23.9 Å². The topological polar surface area (TPSA) is 117 Å². The number of carbonyl (C=O) groups is 4. The van der Waals surface area contributed by atoms with Gasteiger partial charge in [-0.1, -0.05) is 33.8 Å². The van der Waals surface area contributed by atoms with Crippen molar-refractivity contribution >= 4 is 23.9 Å². The third kappa shape index (κ3) is 11.3. The van der Waals surface area contributed by atoms with E-state index in [4.69, 9.17) is 18.9 Å². The van der Waals surface area contributed by atoms with E-state index in [-0.39, 0.29) is 30.4 Å². The van der Waals surface area contributed by atoms with Gasteiger partial charge in [-0.25, -0.2) is 0 Å². The third-order valence-corrected chi connectivity index (χ3v) is 7.12. The first-order valence-electron chi connectivity index (χ1n) is 14.1. The van der Waals surface area contributed by atoms with Gasteiger partial charge < -0.3 is 24.3 Å². The minimum absolute atomic E-state index is 0.0975. The second kappa shape index (κ2) is 15.7. The smallest absolute Gasteiger partial charge is 0.323 e. The molecule has 9 nitrogen and oxygen atoms in total. The van der Waals surface area contributed by atoms with Crippen LogP contribution in [0.15, 0.2) is 18.2 Å². The molecule has 2 atom stereocenters. The molecule has 1 N–H and O–H groups in total. The van der Waals surface area contributed by atoms with Crippen LogP contribution in [0.3, 0.4) is 0 Å². The third-order valence-electron chi connectivity index (χ3n) is 7.12. The number of nitrogens with one attached hydrogen (secondary N) is 1. The first kappa shape index (κ1) is 35.1. The minimum atomic E-state index is -0.759. The number of benzene rings is 1. The standard InChI is InChI=1S/C31H49NO8/c1-11-30(6,7)28(35)39-24-15-14-22(18-25(24)40-29(36)31(8,9)12-2)17-23(27(34)37-10)32-19-21(5)38-26(33)16-13-20(3)4/h14-15,18,20-21,23,32H,11-13,16-17,19H2,1-10H3/t21?,23-/m0/s1. The van der Waals surface area contributed by atoms with Gasteiger partial charge in [0.25, 0.3) is 0 Å². The lowest BCUT2D eigenvalue weighted by atomic mass is 9.90. The lowest BCUT2D eigenvalue weighted by molar-refractivity contribution is -0.148. The van der Waals surface area contributed by atoms with Gasteiger partial charge in [-0.15, -0.1) is 0 Å². The van der Waals surface area contributed by atoms with Crippen molar-refractivity contribution < 1.29 is 38.1 Å². The summed E-state index contributed by atoms with van der Waals surface area (Å²) < 4.78 is 21.8. The summed E-state index contributed by atoms with van der Waals surface area (Å²) in [6.45, 7) is 17.0. The van der Waals surface area contributed by atoms with Gasteiger partial charge in [0.1, 0.15) is 12.1 Å². The Morgan fingerprint density at radius 3 is 1.93 bits per heavy atom. The first-order chi connectivity index (χ1) is 18.6. The minimum Gasteiger partial charge on any atom is -0.468 e. The summed E-state index contributed by atoms with van der Waals surface area (Å²) in [7, 11) is 1.30. The molecule has 226 valence electrons. The van der Waals surface area contributed by atoms with E-state index in [0.29, 0.717) is 30.7 Å². The van der Waals surface area contributed by atoms with E-state index in [1.54, 1.807) is 52.8 Å². The van der Waals surface area contributed by atoms with Crippen molar-refractivity contribution in [1.29, 1.82) is 0 Å². The molecular weight excluding hydrogens is 514 g/mol. The van der Waals surface area contributed by atoms with E-state index in [2.05, 4.69) is 5.32 Å².